The monoisotopic (exact) mass is 426 g/mol. The number of carbonyl (C=O) groups is 2. The second-order valence-corrected chi connectivity index (χ2v) is 7.62. The van der Waals surface area contributed by atoms with Crippen molar-refractivity contribution in [1.82, 2.24) is 10.3 Å². The predicted molar refractivity (Wildman–Crippen MR) is 117 cm³/mol. The summed E-state index contributed by atoms with van der Waals surface area (Å²) < 4.78 is 5.65. The molecule has 3 rings (SSSR count). The third kappa shape index (κ3) is 6.01. The summed E-state index contributed by atoms with van der Waals surface area (Å²) in [5, 5.41) is 3.22. The molecule has 0 atom stereocenters. The van der Waals surface area contributed by atoms with E-state index in [-0.39, 0.29) is 11.7 Å². The molecule has 3 aromatic rings. The highest BCUT2D eigenvalue weighted by atomic mass is 35.5. The van der Waals surface area contributed by atoms with E-state index in [1.165, 1.54) is 17.4 Å². The van der Waals surface area contributed by atoms with E-state index in [4.69, 9.17) is 16.3 Å². The van der Waals surface area contributed by atoms with Crippen molar-refractivity contribution in [2.24, 2.45) is 0 Å². The van der Waals surface area contributed by atoms with E-state index in [0.717, 1.165) is 16.0 Å². The molecule has 7 heteroatoms. The van der Waals surface area contributed by atoms with Crippen LogP contribution in [0.1, 0.15) is 22.2 Å². The van der Waals surface area contributed by atoms with Gasteiger partial charge in [-0.2, -0.15) is 0 Å². The summed E-state index contributed by atoms with van der Waals surface area (Å²) >= 11 is 7.75. The van der Waals surface area contributed by atoms with Gasteiger partial charge in [-0.05, 0) is 60.5 Å². The van der Waals surface area contributed by atoms with Crippen LogP contribution in [0.3, 0.4) is 0 Å². The van der Waals surface area contributed by atoms with Gasteiger partial charge in [-0.25, -0.2) is 0 Å². The first-order valence-corrected chi connectivity index (χ1v) is 10.1. The molecule has 0 bridgehead atoms. The van der Waals surface area contributed by atoms with Crippen molar-refractivity contribution in [3.05, 3.63) is 76.4 Å². The molecule has 0 aliphatic heterocycles. The molecule has 1 N–H and O–H groups in total. The van der Waals surface area contributed by atoms with Crippen LogP contribution in [0.5, 0.6) is 5.75 Å². The molecule has 0 saturated carbocycles. The number of nitrogens with one attached hydrogen (secondary N) is 1. The van der Waals surface area contributed by atoms with Crippen LogP contribution in [-0.2, 0) is 4.79 Å². The Balaban J connectivity index is 1.48. The van der Waals surface area contributed by atoms with Crippen LogP contribution < -0.4 is 10.1 Å². The average molecular weight is 427 g/mol. The van der Waals surface area contributed by atoms with Crippen molar-refractivity contribution >= 4 is 40.7 Å². The maximum absolute atomic E-state index is 11.8. The second-order valence-electron chi connectivity index (χ2n) is 6.12. The first-order valence-electron chi connectivity index (χ1n) is 8.92. The van der Waals surface area contributed by atoms with Gasteiger partial charge in [-0.3, -0.25) is 14.6 Å². The van der Waals surface area contributed by atoms with Gasteiger partial charge < -0.3 is 10.1 Å². The Hall–Kier alpha value is -2.96. The third-order valence-electron chi connectivity index (χ3n) is 3.94. The molecule has 0 aliphatic carbocycles. The molecule has 1 amide bonds. The molecule has 0 radical (unpaired) electrons. The molecule has 2 aromatic heterocycles. The summed E-state index contributed by atoms with van der Waals surface area (Å²) in [4.78, 5) is 28.9. The number of hydrogen-bond donors (Lipinski definition) is 1. The molecule has 0 fully saturated rings. The molecular weight excluding hydrogens is 408 g/mol. The number of ether oxygens (including phenoxy) is 1. The Morgan fingerprint density at radius 2 is 2.10 bits per heavy atom. The van der Waals surface area contributed by atoms with Crippen LogP contribution in [-0.4, -0.2) is 29.8 Å². The van der Waals surface area contributed by atoms with Gasteiger partial charge in [0.1, 0.15) is 12.4 Å². The van der Waals surface area contributed by atoms with Crippen LogP contribution in [0.25, 0.3) is 16.5 Å². The molecule has 0 saturated heterocycles. The number of rotatable bonds is 8. The van der Waals surface area contributed by atoms with Crippen molar-refractivity contribution in [3.63, 3.8) is 0 Å². The van der Waals surface area contributed by atoms with E-state index in [9.17, 15) is 9.59 Å². The van der Waals surface area contributed by atoms with Gasteiger partial charge in [0, 0.05) is 23.3 Å². The van der Waals surface area contributed by atoms with Gasteiger partial charge in [-0.15, -0.1) is 11.3 Å². The van der Waals surface area contributed by atoms with Crippen molar-refractivity contribution < 1.29 is 14.3 Å². The van der Waals surface area contributed by atoms with Gasteiger partial charge in [0.25, 0.3) is 0 Å². The lowest BCUT2D eigenvalue weighted by atomic mass is 10.2. The van der Waals surface area contributed by atoms with E-state index in [0.29, 0.717) is 28.8 Å². The van der Waals surface area contributed by atoms with Crippen LogP contribution in [0.15, 0.2) is 60.9 Å². The van der Waals surface area contributed by atoms with Gasteiger partial charge in [-0.1, -0.05) is 17.7 Å². The topological polar surface area (TPSA) is 68.3 Å². The Kier molecular flexibility index (Phi) is 7.16. The van der Waals surface area contributed by atoms with E-state index in [2.05, 4.69) is 10.3 Å². The number of nitrogens with zero attached hydrogens (tertiary/aromatic N) is 1. The maximum Gasteiger partial charge on any atom is 0.244 e. The van der Waals surface area contributed by atoms with E-state index in [1.807, 2.05) is 30.3 Å². The Bertz CT molecular complexity index is 1030. The van der Waals surface area contributed by atoms with E-state index < -0.39 is 0 Å². The fraction of sp³-hybridized carbons (Fsp3) is 0.136. The quantitative estimate of drug-likeness (QED) is 0.317. The normalized spacial score (nSPS) is 10.8. The van der Waals surface area contributed by atoms with Gasteiger partial charge in [0.2, 0.25) is 5.91 Å². The number of amides is 1. The van der Waals surface area contributed by atoms with Gasteiger partial charge in [0.05, 0.1) is 16.4 Å². The number of pyridine rings is 1. The summed E-state index contributed by atoms with van der Waals surface area (Å²) in [5.41, 5.74) is 1.78. The van der Waals surface area contributed by atoms with E-state index in [1.54, 1.807) is 37.5 Å². The first-order chi connectivity index (χ1) is 14.0. The number of hydrogen-bond acceptors (Lipinski definition) is 5. The zero-order chi connectivity index (χ0) is 20.6. The third-order valence-corrected chi connectivity index (χ3v) is 5.47. The molecular formula is C22H19ClN2O3S. The van der Waals surface area contributed by atoms with Crippen LogP contribution in [0.4, 0.5) is 0 Å². The van der Waals surface area contributed by atoms with Crippen molar-refractivity contribution in [3.8, 4) is 16.2 Å². The smallest absolute Gasteiger partial charge is 0.244 e. The van der Waals surface area contributed by atoms with Crippen LogP contribution in [0, 0.1) is 0 Å². The summed E-state index contributed by atoms with van der Waals surface area (Å²) in [6.07, 6.45) is 6.50. The molecule has 1 aromatic carbocycles. The Morgan fingerprint density at radius 1 is 1.24 bits per heavy atom. The van der Waals surface area contributed by atoms with Crippen LogP contribution >= 0.6 is 22.9 Å². The minimum absolute atomic E-state index is 0.0460. The fourth-order valence-corrected chi connectivity index (χ4v) is 3.63. The van der Waals surface area contributed by atoms with E-state index >= 15 is 0 Å². The summed E-state index contributed by atoms with van der Waals surface area (Å²) in [6.45, 7) is 2.19. The molecule has 29 heavy (non-hydrogen) atoms. The lowest BCUT2D eigenvalue weighted by molar-refractivity contribution is -0.116. The zero-order valence-electron chi connectivity index (χ0n) is 15.7. The highest BCUT2D eigenvalue weighted by Crippen LogP contribution is 2.34. The second kappa shape index (κ2) is 10.0. The van der Waals surface area contributed by atoms with Gasteiger partial charge >= 0.3 is 0 Å². The van der Waals surface area contributed by atoms with Crippen molar-refractivity contribution in [2.75, 3.05) is 13.2 Å². The minimum atomic E-state index is -0.210. The lowest BCUT2D eigenvalue weighted by Crippen LogP contribution is -2.26. The van der Waals surface area contributed by atoms with Gasteiger partial charge in [0.15, 0.2) is 5.78 Å². The fourth-order valence-electron chi connectivity index (χ4n) is 2.49. The molecule has 2 heterocycles. The Labute approximate surface area is 178 Å². The summed E-state index contributed by atoms with van der Waals surface area (Å²) in [6, 6.07) is 12.9. The lowest BCUT2D eigenvalue weighted by Gasteiger charge is -2.09. The molecule has 0 spiro atoms. The standard InChI is InChI=1S/C22H19ClN2O3S/c1-15(26)20-7-8-21(29-20)17-5-6-19(18(23)13-17)28-12-11-25-22(27)9-4-16-3-2-10-24-14-16/h2-10,13-14H,11-12H2,1H3,(H,25,27)/b9-4+. The number of aromatic nitrogens is 1. The number of ketones is 1. The number of thiophene rings is 1. The van der Waals surface area contributed by atoms with Crippen molar-refractivity contribution in [2.45, 2.75) is 6.92 Å². The Morgan fingerprint density at radius 3 is 2.79 bits per heavy atom. The molecule has 0 aliphatic rings. The number of carbonyl (C=O) groups excluding carboxylic acids is 2. The SMILES string of the molecule is CC(=O)c1ccc(-c2ccc(OCCNC(=O)/C=C/c3cccnc3)c(Cl)c2)s1. The first kappa shape index (κ1) is 20.8. The number of Topliss-reactive ketones (excluding diaryl/α,β-unsaturated/α-hetero) is 1. The highest BCUT2D eigenvalue weighted by molar-refractivity contribution is 7.17. The number of halogens is 1. The molecule has 148 valence electrons. The molecule has 5 nitrogen and oxygen atoms in total. The largest absolute Gasteiger partial charge is 0.490 e. The average Bonchev–Trinajstić information content (AvgIpc) is 3.22. The van der Waals surface area contributed by atoms with Crippen molar-refractivity contribution in [1.29, 1.82) is 0 Å². The van der Waals surface area contributed by atoms with Crippen LogP contribution in [0.2, 0.25) is 5.02 Å². The molecule has 0 unspecified atom stereocenters. The minimum Gasteiger partial charge on any atom is -0.490 e. The highest BCUT2D eigenvalue weighted by Gasteiger charge is 2.09. The number of benzene rings is 1. The maximum atomic E-state index is 11.8. The summed E-state index contributed by atoms with van der Waals surface area (Å²) in [7, 11) is 0. The summed E-state index contributed by atoms with van der Waals surface area (Å²) in [5.74, 6) is 0.376. The zero-order valence-corrected chi connectivity index (χ0v) is 17.3. The predicted octanol–water partition coefficient (Wildman–Crippen LogP) is 4.87.